The number of benzene rings is 4. The van der Waals surface area contributed by atoms with Crippen molar-refractivity contribution in [2.75, 3.05) is 4.90 Å². The zero-order valence-electron chi connectivity index (χ0n) is 18.1. The highest BCUT2D eigenvalue weighted by molar-refractivity contribution is 6.13. The van der Waals surface area contributed by atoms with Gasteiger partial charge in [0, 0.05) is 39.5 Å². The zero-order chi connectivity index (χ0) is 23.1. The fourth-order valence-corrected chi connectivity index (χ4v) is 4.66. The van der Waals surface area contributed by atoms with Gasteiger partial charge < -0.3 is 9.88 Å². The van der Waals surface area contributed by atoms with Crippen LogP contribution in [-0.2, 0) is 0 Å². The molecule has 162 valence electrons. The number of aliphatic imine (C=N–C) groups is 1. The van der Waals surface area contributed by atoms with Gasteiger partial charge in [-0.2, -0.15) is 5.26 Å². The Balaban J connectivity index is 1.65. The molecular weight excluding hydrogens is 423 g/mol. The topological polar surface area (TPSA) is 55.2 Å². The lowest BCUT2D eigenvalue weighted by atomic mass is 9.91. The molecule has 0 fully saturated rings. The Labute approximate surface area is 196 Å². The second-order valence-corrected chi connectivity index (χ2v) is 8.23. The minimum absolute atomic E-state index is 0.209. The van der Waals surface area contributed by atoms with Crippen molar-refractivity contribution in [3.63, 3.8) is 0 Å². The fourth-order valence-electron chi connectivity index (χ4n) is 4.66. The number of nitrogens with zero attached hydrogens (tertiary/aromatic N) is 3. The smallest absolute Gasteiger partial charge is 0.141 e. The van der Waals surface area contributed by atoms with Crippen LogP contribution in [0.1, 0.15) is 28.3 Å². The molecule has 1 aliphatic rings. The maximum Gasteiger partial charge on any atom is 0.141 e. The molecular formula is C29H19FN4. The Morgan fingerprint density at radius 3 is 2.41 bits per heavy atom. The first kappa shape index (κ1) is 20.0. The maximum absolute atomic E-state index is 13.8. The third kappa shape index (κ3) is 3.25. The molecule has 4 aromatic carbocycles. The lowest BCUT2D eigenvalue weighted by Gasteiger charge is -2.38. The third-order valence-corrected chi connectivity index (χ3v) is 6.22. The molecule has 4 nitrogen and oxygen atoms in total. The zero-order valence-corrected chi connectivity index (χ0v) is 18.1. The standard InChI is InChI=1S/C29H19FN4/c30-21-13-11-20(12-14-21)29-33-27-9-5-4-8-23(27)28(34(29)22-6-2-1-3-7-22)25-18-32-26-15-10-19(17-31)16-24(25)26/h1-16,18,28,32H. The van der Waals surface area contributed by atoms with Gasteiger partial charge in [0.25, 0.3) is 0 Å². The van der Waals surface area contributed by atoms with Crippen LogP contribution >= 0.6 is 0 Å². The van der Waals surface area contributed by atoms with E-state index < -0.39 is 0 Å². The van der Waals surface area contributed by atoms with E-state index in [0.717, 1.165) is 44.8 Å². The molecule has 0 bridgehead atoms. The van der Waals surface area contributed by atoms with E-state index in [-0.39, 0.29) is 11.9 Å². The summed E-state index contributed by atoms with van der Waals surface area (Å²) in [4.78, 5) is 10.6. The van der Waals surface area contributed by atoms with Gasteiger partial charge in [-0.05, 0) is 60.7 Å². The highest BCUT2D eigenvalue weighted by Crippen LogP contribution is 2.44. The number of amidine groups is 1. The molecule has 1 aliphatic heterocycles. The first-order valence-corrected chi connectivity index (χ1v) is 11.0. The van der Waals surface area contributed by atoms with Crippen molar-refractivity contribution in [3.8, 4) is 6.07 Å². The van der Waals surface area contributed by atoms with E-state index >= 15 is 0 Å². The molecule has 1 aromatic heterocycles. The monoisotopic (exact) mass is 442 g/mol. The lowest BCUT2D eigenvalue weighted by Crippen LogP contribution is -2.38. The summed E-state index contributed by atoms with van der Waals surface area (Å²) in [6.07, 6.45) is 2.01. The van der Waals surface area contributed by atoms with E-state index in [1.54, 1.807) is 12.1 Å². The van der Waals surface area contributed by atoms with Crippen molar-refractivity contribution >= 4 is 28.1 Å². The first-order valence-electron chi connectivity index (χ1n) is 11.0. The normalized spacial score (nSPS) is 15.0. The van der Waals surface area contributed by atoms with Gasteiger partial charge >= 0.3 is 0 Å². The molecule has 0 spiro atoms. The summed E-state index contributed by atoms with van der Waals surface area (Å²) in [5.41, 5.74) is 6.32. The third-order valence-electron chi connectivity index (χ3n) is 6.22. The Morgan fingerprint density at radius 2 is 1.62 bits per heavy atom. The Hall–Kier alpha value is -4.69. The summed E-state index contributed by atoms with van der Waals surface area (Å²) in [5.74, 6) is 0.449. The molecule has 34 heavy (non-hydrogen) atoms. The van der Waals surface area contributed by atoms with Gasteiger partial charge in [-0.1, -0.05) is 36.4 Å². The van der Waals surface area contributed by atoms with Gasteiger partial charge in [-0.3, -0.25) is 0 Å². The number of hydrogen-bond donors (Lipinski definition) is 1. The van der Waals surface area contributed by atoms with Gasteiger partial charge in [0.2, 0.25) is 0 Å². The summed E-state index contributed by atoms with van der Waals surface area (Å²) in [7, 11) is 0. The highest BCUT2D eigenvalue weighted by atomic mass is 19.1. The van der Waals surface area contributed by atoms with E-state index in [1.807, 2.05) is 60.8 Å². The van der Waals surface area contributed by atoms with Crippen LogP contribution in [0.3, 0.4) is 0 Å². The molecule has 6 rings (SSSR count). The predicted molar refractivity (Wildman–Crippen MR) is 133 cm³/mol. The van der Waals surface area contributed by atoms with E-state index in [9.17, 15) is 9.65 Å². The molecule has 0 radical (unpaired) electrons. The number of aromatic amines is 1. The summed E-state index contributed by atoms with van der Waals surface area (Å²) < 4.78 is 13.8. The van der Waals surface area contributed by atoms with E-state index in [1.165, 1.54) is 12.1 Å². The minimum atomic E-state index is -0.288. The van der Waals surface area contributed by atoms with Crippen molar-refractivity contribution in [2.45, 2.75) is 6.04 Å². The van der Waals surface area contributed by atoms with Crippen molar-refractivity contribution in [1.82, 2.24) is 4.98 Å². The number of rotatable bonds is 3. The molecule has 0 saturated heterocycles. The van der Waals surface area contributed by atoms with Crippen LogP contribution in [0, 0.1) is 17.1 Å². The number of halogens is 1. The summed E-state index contributed by atoms with van der Waals surface area (Å²) in [6, 6.07) is 32.3. The number of H-pyrrole nitrogens is 1. The SMILES string of the molecule is N#Cc1ccc2[nH]cc(C3c4ccccc4N=C(c4ccc(F)cc4)N3c3ccccc3)c2c1. The van der Waals surface area contributed by atoms with Gasteiger partial charge in [0.05, 0.1) is 23.4 Å². The average molecular weight is 442 g/mol. The number of fused-ring (bicyclic) bond motifs is 2. The molecule has 1 N–H and O–H groups in total. The summed E-state index contributed by atoms with van der Waals surface area (Å²) >= 11 is 0. The van der Waals surface area contributed by atoms with Crippen LogP contribution in [0.5, 0.6) is 0 Å². The van der Waals surface area contributed by atoms with Gasteiger partial charge in [-0.25, -0.2) is 9.38 Å². The number of para-hydroxylation sites is 2. The van der Waals surface area contributed by atoms with Crippen molar-refractivity contribution in [1.29, 1.82) is 5.26 Å². The van der Waals surface area contributed by atoms with Crippen LogP contribution in [-0.4, -0.2) is 10.8 Å². The largest absolute Gasteiger partial charge is 0.361 e. The molecule has 0 aliphatic carbocycles. The van der Waals surface area contributed by atoms with Crippen molar-refractivity contribution < 1.29 is 4.39 Å². The number of nitriles is 1. The van der Waals surface area contributed by atoms with Crippen LogP contribution in [0.2, 0.25) is 0 Å². The van der Waals surface area contributed by atoms with Gasteiger partial charge in [0.1, 0.15) is 11.7 Å². The van der Waals surface area contributed by atoms with Crippen LogP contribution < -0.4 is 4.90 Å². The first-order chi connectivity index (χ1) is 16.7. The van der Waals surface area contributed by atoms with Crippen LogP contribution in [0.25, 0.3) is 10.9 Å². The molecule has 1 atom stereocenters. The number of nitrogens with one attached hydrogen (secondary N) is 1. The Kier molecular flexibility index (Phi) is 4.71. The molecule has 0 amide bonds. The van der Waals surface area contributed by atoms with E-state index in [0.29, 0.717) is 5.56 Å². The molecule has 0 saturated carbocycles. The number of aromatic nitrogens is 1. The number of hydrogen-bond acceptors (Lipinski definition) is 3. The molecule has 5 aromatic rings. The van der Waals surface area contributed by atoms with Crippen molar-refractivity contribution in [2.24, 2.45) is 4.99 Å². The second-order valence-electron chi connectivity index (χ2n) is 8.23. The average Bonchev–Trinajstić information content (AvgIpc) is 3.31. The van der Waals surface area contributed by atoms with Crippen molar-refractivity contribution in [3.05, 3.63) is 131 Å². The highest BCUT2D eigenvalue weighted by Gasteiger charge is 2.34. The number of anilines is 1. The van der Waals surface area contributed by atoms with Gasteiger partial charge in [-0.15, -0.1) is 0 Å². The maximum atomic E-state index is 13.8. The summed E-state index contributed by atoms with van der Waals surface area (Å²) in [5, 5.41) is 10.5. The second kappa shape index (κ2) is 8.02. The predicted octanol–water partition coefficient (Wildman–Crippen LogP) is 6.87. The molecule has 1 unspecified atom stereocenters. The quantitative estimate of drug-likeness (QED) is 0.332. The van der Waals surface area contributed by atoms with Crippen LogP contribution in [0.4, 0.5) is 15.8 Å². The van der Waals surface area contributed by atoms with E-state index in [2.05, 4.69) is 34.2 Å². The Bertz CT molecular complexity index is 1580. The minimum Gasteiger partial charge on any atom is -0.361 e. The van der Waals surface area contributed by atoms with Gasteiger partial charge in [0.15, 0.2) is 0 Å². The lowest BCUT2D eigenvalue weighted by molar-refractivity contribution is 0.627. The fraction of sp³-hybridized carbons (Fsp3) is 0.0345. The van der Waals surface area contributed by atoms with Crippen LogP contribution in [0.15, 0.2) is 108 Å². The molecule has 5 heteroatoms. The molecule has 2 heterocycles. The Morgan fingerprint density at radius 1 is 0.853 bits per heavy atom. The summed E-state index contributed by atoms with van der Waals surface area (Å²) in [6.45, 7) is 0. The van der Waals surface area contributed by atoms with E-state index in [4.69, 9.17) is 4.99 Å².